The molecule has 1 aliphatic rings. The Kier molecular flexibility index (Phi) is 7.81. The molecule has 0 radical (unpaired) electrons. The van der Waals surface area contributed by atoms with E-state index < -0.39 is 0 Å². The normalized spacial score (nSPS) is 18.7. The molecule has 0 saturated carbocycles. The maximum Gasteiger partial charge on any atom is 0.133 e. The second-order valence-electron chi connectivity index (χ2n) is 4.90. The maximum atomic E-state index is 5.85. The quantitative estimate of drug-likeness (QED) is 0.854. The molecule has 1 unspecified atom stereocenters. The number of ether oxygens (including phenoxy) is 1. The van der Waals surface area contributed by atoms with Gasteiger partial charge in [-0.05, 0) is 65.9 Å². The molecule has 1 N–H and O–H groups in total. The second-order valence-corrected chi connectivity index (χ2v) is 5.76. The first-order valence-corrected chi connectivity index (χ1v) is 7.73. The molecule has 108 valence electrons. The Balaban J connectivity index is 0.00000180. The van der Waals surface area contributed by atoms with Crippen LogP contribution in [0.15, 0.2) is 22.7 Å². The number of halogens is 2. The Morgan fingerprint density at radius 1 is 1.37 bits per heavy atom. The van der Waals surface area contributed by atoms with Crippen molar-refractivity contribution in [2.75, 3.05) is 13.2 Å². The third kappa shape index (κ3) is 5.33. The standard InChI is InChI=1S/C15H22BrNO.ClH/c1-2-12-6-7-15(14(16)11-12)18-10-8-13-5-3-4-9-17-13;/h6-7,11,13,17H,2-5,8-10H2,1H3;1H. The SMILES string of the molecule is CCc1ccc(OCCC2CCCCN2)c(Br)c1.Cl. The molecule has 2 rings (SSSR count). The monoisotopic (exact) mass is 347 g/mol. The first-order valence-electron chi connectivity index (χ1n) is 6.94. The van der Waals surface area contributed by atoms with Crippen LogP contribution in [0.25, 0.3) is 0 Å². The number of piperidine rings is 1. The molecule has 0 amide bonds. The van der Waals surface area contributed by atoms with Gasteiger partial charge in [-0.15, -0.1) is 12.4 Å². The van der Waals surface area contributed by atoms with E-state index in [2.05, 4.69) is 46.4 Å². The fourth-order valence-electron chi connectivity index (χ4n) is 2.36. The molecule has 0 bridgehead atoms. The summed E-state index contributed by atoms with van der Waals surface area (Å²) in [5, 5.41) is 3.55. The van der Waals surface area contributed by atoms with E-state index in [9.17, 15) is 0 Å². The van der Waals surface area contributed by atoms with Crippen LogP contribution in [0.1, 0.15) is 38.2 Å². The van der Waals surface area contributed by atoms with E-state index in [1.165, 1.54) is 31.4 Å². The van der Waals surface area contributed by atoms with Crippen molar-refractivity contribution in [1.29, 1.82) is 0 Å². The van der Waals surface area contributed by atoms with E-state index in [1.807, 2.05) is 0 Å². The first kappa shape index (κ1) is 16.8. The summed E-state index contributed by atoms with van der Waals surface area (Å²) >= 11 is 3.57. The summed E-state index contributed by atoms with van der Waals surface area (Å²) in [4.78, 5) is 0. The van der Waals surface area contributed by atoms with E-state index in [4.69, 9.17) is 4.74 Å². The summed E-state index contributed by atoms with van der Waals surface area (Å²) in [6.45, 7) is 4.12. The van der Waals surface area contributed by atoms with E-state index in [0.717, 1.165) is 29.7 Å². The highest BCUT2D eigenvalue weighted by molar-refractivity contribution is 9.10. The highest BCUT2D eigenvalue weighted by Crippen LogP contribution is 2.26. The van der Waals surface area contributed by atoms with Crippen LogP contribution in [-0.4, -0.2) is 19.2 Å². The molecule has 4 heteroatoms. The van der Waals surface area contributed by atoms with Crippen molar-refractivity contribution in [3.63, 3.8) is 0 Å². The number of rotatable bonds is 5. The largest absolute Gasteiger partial charge is 0.492 e. The Morgan fingerprint density at radius 2 is 2.21 bits per heavy atom. The van der Waals surface area contributed by atoms with Gasteiger partial charge >= 0.3 is 0 Å². The average molecular weight is 349 g/mol. The molecule has 0 aliphatic carbocycles. The number of benzene rings is 1. The van der Waals surface area contributed by atoms with Gasteiger partial charge in [-0.1, -0.05) is 19.4 Å². The number of aryl methyl sites for hydroxylation is 1. The highest BCUT2D eigenvalue weighted by atomic mass is 79.9. The molecule has 2 nitrogen and oxygen atoms in total. The smallest absolute Gasteiger partial charge is 0.133 e. The molecular formula is C15H23BrClNO. The maximum absolute atomic E-state index is 5.85. The lowest BCUT2D eigenvalue weighted by molar-refractivity contribution is 0.267. The van der Waals surface area contributed by atoms with Crippen molar-refractivity contribution in [1.82, 2.24) is 5.32 Å². The van der Waals surface area contributed by atoms with Crippen LogP contribution in [-0.2, 0) is 6.42 Å². The summed E-state index contributed by atoms with van der Waals surface area (Å²) in [6.07, 6.45) is 6.13. The van der Waals surface area contributed by atoms with Crippen LogP contribution in [0, 0.1) is 0 Å². The topological polar surface area (TPSA) is 21.3 Å². The lowest BCUT2D eigenvalue weighted by Crippen LogP contribution is -2.35. The van der Waals surface area contributed by atoms with Crippen LogP contribution < -0.4 is 10.1 Å². The first-order chi connectivity index (χ1) is 8.79. The summed E-state index contributed by atoms with van der Waals surface area (Å²) < 4.78 is 6.92. The zero-order valence-electron chi connectivity index (χ0n) is 11.5. The lowest BCUT2D eigenvalue weighted by Gasteiger charge is -2.23. The molecule has 1 aliphatic heterocycles. The van der Waals surface area contributed by atoms with Crippen molar-refractivity contribution in [2.24, 2.45) is 0 Å². The Bertz CT molecular complexity index is 380. The van der Waals surface area contributed by atoms with Gasteiger partial charge in [0.15, 0.2) is 0 Å². The van der Waals surface area contributed by atoms with Gasteiger partial charge in [0.1, 0.15) is 5.75 Å². The Morgan fingerprint density at radius 3 is 2.84 bits per heavy atom. The fourth-order valence-corrected chi connectivity index (χ4v) is 2.90. The van der Waals surface area contributed by atoms with E-state index in [-0.39, 0.29) is 12.4 Å². The van der Waals surface area contributed by atoms with E-state index in [1.54, 1.807) is 0 Å². The molecule has 1 heterocycles. The molecule has 1 aromatic carbocycles. The summed E-state index contributed by atoms with van der Waals surface area (Å²) in [7, 11) is 0. The third-order valence-corrected chi connectivity index (χ3v) is 4.16. The van der Waals surface area contributed by atoms with Gasteiger partial charge < -0.3 is 10.1 Å². The minimum atomic E-state index is 0. The predicted molar refractivity (Wildman–Crippen MR) is 86.5 cm³/mol. The molecule has 1 aromatic rings. The zero-order chi connectivity index (χ0) is 12.8. The van der Waals surface area contributed by atoms with Gasteiger partial charge in [0.2, 0.25) is 0 Å². The van der Waals surface area contributed by atoms with Gasteiger partial charge in [0, 0.05) is 6.04 Å². The number of hydrogen-bond donors (Lipinski definition) is 1. The van der Waals surface area contributed by atoms with Gasteiger partial charge in [0.25, 0.3) is 0 Å². The third-order valence-electron chi connectivity index (χ3n) is 3.54. The molecule has 1 fully saturated rings. The van der Waals surface area contributed by atoms with Crippen molar-refractivity contribution >= 4 is 28.3 Å². The fraction of sp³-hybridized carbons (Fsp3) is 0.600. The van der Waals surface area contributed by atoms with Crippen LogP contribution >= 0.6 is 28.3 Å². The Hall–Kier alpha value is -0.250. The van der Waals surface area contributed by atoms with E-state index >= 15 is 0 Å². The predicted octanol–water partition coefficient (Wildman–Crippen LogP) is 4.34. The summed E-state index contributed by atoms with van der Waals surface area (Å²) in [5.41, 5.74) is 1.34. The van der Waals surface area contributed by atoms with E-state index in [0.29, 0.717) is 6.04 Å². The van der Waals surface area contributed by atoms with Gasteiger partial charge in [-0.3, -0.25) is 0 Å². The highest BCUT2D eigenvalue weighted by Gasteiger charge is 2.12. The second kappa shape index (κ2) is 8.83. The molecule has 0 spiro atoms. The summed E-state index contributed by atoms with van der Waals surface area (Å²) in [6, 6.07) is 7.00. The average Bonchev–Trinajstić information content (AvgIpc) is 2.42. The molecule has 0 aromatic heterocycles. The van der Waals surface area contributed by atoms with Crippen LogP contribution in [0.4, 0.5) is 0 Å². The van der Waals surface area contributed by atoms with Crippen molar-refractivity contribution < 1.29 is 4.74 Å². The molecule has 1 atom stereocenters. The Labute approximate surface area is 130 Å². The molecular weight excluding hydrogens is 326 g/mol. The van der Waals surface area contributed by atoms with Crippen LogP contribution in [0.3, 0.4) is 0 Å². The molecule has 1 saturated heterocycles. The number of nitrogens with one attached hydrogen (secondary N) is 1. The lowest BCUT2D eigenvalue weighted by atomic mass is 10.0. The minimum Gasteiger partial charge on any atom is -0.492 e. The molecule has 19 heavy (non-hydrogen) atoms. The number of hydrogen-bond acceptors (Lipinski definition) is 2. The summed E-state index contributed by atoms with van der Waals surface area (Å²) in [5.74, 6) is 0.961. The van der Waals surface area contributed by atoms with Crippen LogP contribution in [0.5, 0.6) is 5.75 Å². The van der Waals surface area contributed by atoms with Gasteiger partial charge in [-0.2, -0.15) is 0 Å². The zero-order valence-corrected chi connectivity index (χ0v) is 13.9. The van der Waals surface area contributed by atoms with Crippen LogP contribution in [0.2, 0.25) is 0 Å². The van der Waals surface area contributed by atoms with Gasteiger partial charge in [-0.25, -0.2) is 0 Å². The van der Waals surface area contributed by atoms with Gasteiger partial charge in [0.05, 0.1) is 11.1 Å². The van der Waals surface area contributed by atoms with Crippen molar-refractivity contribution in [2.45, 2.75) is 45.1 Å². The minimum absolute atomic E-state index is 0. The van der Waals surface area contributed by atoms with Crippen molar-refractivity contribution in [3.05, 3.63) is 28.2 Å². The van der Waals surface area contributed by atoms with Crippen molar-refractivity contribution in [3.8, 4) is 5.75 Å².